The van der Waals surface area contributed by atoms with Crippen molar-refractivity contribution < 1.29 is 9.90 Å². The molecule has 4 nitrogen and oxygen atoms in total. The first kappa shape index (κ1) is 17.0. The highest BCUT2D eigenvalue weighted by atomic mass is 16.3. The zero-order valence-electron chi connectivity index (χ0n) is 13.7. The largest absolute Gasteiger partial charge is 0.393 e. The Morgan fingerprint density at radius 1 is 1.32 bits per heavy atom. The summed E-state index contributed by atoms with van der Waals surface area (Å²) in [6, 6.07) is 10.1. The van der Waals surface area contributed by atoms with Crippen molar-refractivity contribution in [2.45, 2.75) is 57.7 Å². The topological polar surface area (TPSA) is 52.6 Å². The number of nitrogens with one attached hydrogen (secondary N) is 1. The van der Waals surface area contributed by atoms with Crippen molar-refractivity contribution in [2.24, 2.45) is 0 Å². The smallest absolute Gasteiger partial charge is 0.237 e. The molecule has 0 radical (unpaired) electrons. The Bertz CT molecular complexity index is 455. The fraction of sp³-hybridized carbons (Fsp3) is 0.611. The van der Waals surface area contributed by atoms with Crippen LogP contribution in [0, 0.1) is 0 Å². The van der Waals surface area contributed by atoms with Gasteiger partial charge in [-0.2, -0.15) is 0 Å². The van der Waals surface area contributed by atoms with Crippen LogP contribution >= 0.6 is 0 Å². The molecule has 1 aromatic carbocycles. The minimum atomic E-state index is -0.205. The van der Waals surface area contributed by atoms with Crippen LogP contribution in [-0.2, 0) is 4.79 Å². The Morgan fingerprint density at radius 2 is 1.95 bits per heavy atom. The van der Waals surface area contributed by atoms with E-state index in [2.05, 4.69) is 29.3 Å². The second kappa shape index (κ2) is 8.30. The summed E-state index contributed by atoms with van der Waals surface area (Å²) < 4.78 is 0. The van der Waals surface area contributed by atoms with Gasteiger partial charge in [0.25, 0.3) is 0 Å². The van der Waals surface area contributed by atoms with Crippen LogP contribution in [0.25, 0.3) is 0 Å². The summed E-state index contributed by atoms with van der Waals surface area (Å²) in [6.45, 7) is 5.68. The molecule has 2 rings (SSSR count). The van der Waals surface area contributed by atoms with Crippen LogP contribution in [0.4, 0.5) is 0 Å². The molecule has 1 heterocycles. The molecule has 122 valence electrons. The van der Waals surface area contributed by atoms with Gasteiger partial charge in [0.1, 0.15) is 0 Å². The van der Waals surface area contributed by atoms with Gasteiger partial charge in [0.05, 0.1) is 18.2 Å². The first-order valence-corrected chi connectivity index (χ1v) is 8.39. The number of aliphatic hydroxyl groups excluding tert-OH is 1. The maximum Gasteiger partial charge on any atom is 0.237 e. The fourth-order valence-corrected chi connectivity index (χ4v) is 3.03. The van der Waals surface area contributed by atoms with Gasteiger partial charge in [0.2, 0.25) is 5.91 Å². The molecule has 0 aromatic heterocycles. The molecule has 0 aliphatic carbocycles. The standard InChI is InChI=1S/C18H28N2O2/c1-3-7-17(15-8-5-4-6-9-15)19-18(22)14(2)20-12-10-16(21)11-13-20/h4-6,8-9,14,16-17,21H,3,7,10-13H2,1-2H3,(H,19,22). The monoisotopic (exact) mass is 304 g/mol. The summed E-state index contributed by atoms with van der Waals surface area (Å²) in [5.41, 5.74) is 1.17. The Balaban J connectivity index is 1.95. The Morgan fingerprint density at radius 3 is 2.55 bits per heavy atom. The third-order valence-electron chi connectivity index (χ3n) is 4.52. The van der Waals surface area contributed by atoms with Gasteiger partial charge in [-0.3, -0.25) is 9.69 Å². The van der Waals surface area contributed by atoms with E-state index < -0.39 is 0 Å². The van der Waals surface area contributed by atoms with E-state index in [0.717, 1.165) is 38.8 Å². The molecule has 1 saturated heterocycles. The van der Waals surface area contributed by atoms with Gasteiger partial charge < -0.3 is 10.4 Å². The quantitative estimate of drug-likeness (QED) is 0.849. The number of likely N-dealkylation sites (tertiary alicyclic amines) is 1. The molecule has 2 N–H and O–H groups in total. The molecule has 0 spiro atoms. The summed E-state index contributed by atoms with van der Waals surface area (Å²) in [4.78, 5) is 14.7. The predicted molar refractivity (Wildman–Crippen MR) is 88.5 cm³/mol. The van der Waals surface area contributed by atoms with Gasteiger partial charge in [0, 0.05) is 13.1 Å². The fourth-order valence-electron chi connectivity index (χ4n) is 3.03. The highest BCUT2D eigenvalue weighted by molar-refractivity contribution is 5.81. The lowest BCUT2D eigenvalue weighted by atomic mass is 10.0. The van der Waals surface area contributed by atoms with Crippen molar-refractivity contribution in [1.82, 2.24) is 10.2 Å². The van der Waals surface area contributed by atoms with Crippen LogP contribution in [0.3, 0.4) is 0 Å². The summed E-state index contributed by atoms with van der Waals surface area (Å²) >= 11 is 0. The summed E-state index contributed by atoms with van der Waals surface area (Å²) in [7, 11) is 0. The molecule has 2 atom stereocenters. The first-order chi connectivity index (χ1) is 10.6. The highest BCUT2D eigenvalue weighted by Gasteiger charge is 2.27. The molecule has 1 aliphatic rings. The Labute approximate surface area is 133 Å². The first-order valence-electron chi connectivity index (χ1n) is 8.39. The minimum absolute atomic E-state index is 0.0801. The lowest BCUT2D eigenvalue weighted by Gasteiger charge is -2.34. The number of hydrogen-bond donors (Lipinski definition) is 2. The molecule has 0 saturated carbocycles. The number of carbonyl (C=O) groups excluding carboxylic acids is 1. The number of carbonyl (C=O) groups is 1. The van der Waals surface area contributed by atoms with Crippen LogP contribution in [0.2, 0.25) is 0 Å². The molecule has 0 bridgehead atoms. The molecule has 22 heavy (non-hydrogen) atoms. The molecule has 4 heteroatoms. The number of hydrogen-bond acceptors (Lipinski definition) is 3. The van der Waals surface area contributed by atoms with Crippen LogP contribution in [0.5, 0.6) is 0 Å². The maximum atomic E-state index is 12.6. The van der Waals surface area contributed by atoms with Crippen LogP contribution in [0.15, 0.2) is 30.3 Å². The summed E-state index contributed by atoms with van der Waals surface area (Å²) in [6.07, 6.45) is 3.29. The van der Waals surface area contributed by atoms with E-state index in [-0.39, 0.29) is 24.1 Å². The van der Waals surface area contributed by atoms with Crippen molar-refractivity contribution in [3.05, 3.63) is 35.9 Å². The molecule has 1 aliphatic heterocycles. The Hall–Kier alpha value is -1.39. The van der Waals surface area contributed by atoms with Crippen molar-refractivity contribution >= 4 is 5.91 Å². The molecular weight excluding hydrogens is 276 g/mol. The van der Waals surface area contributed by atoms with Crippen LogP contribution in [0.1, 0.15) is 51.1 Å². The molecule has 2 unspecified atom stereocenters. The number of benzene rings is 1. The number of nitrogens with zero attached hydrogens (tertiary/aromatic N) is 1. The van der Waals surface area contributed by atoms with E-state index in [4.69, 9.17) is 0 Å². The SMILES string of the molecule is CCCC(NC(=O)C(C)N1CCC(O)CC1)c1ccccc1. The van der Waals surface area contributed by atoms with E-state index in [1.54, 1.807) is 0 Å². The van der Waals surface area contributed by atoms with E-state index in [0.29, 0.717) is 0 Å². The van der Waals surface area contributed by atoms with Crippen LogP contribution in [-0.4, -0.2) is 41.1 Å². The van der Waals surface area contributed by atoms with Gasteiger partial charge >= 0.3 is 0 Å². The summed E-state index contributed by atoms with van der Waals surface area (Å²) in [5.74, 6) is 0.0821. The van der Waals surface area contributed by atoms with E-state index in [1.165, 1.54) is 5.56 Å². The average molecular weight is 304 g/mol. The van der Waals surface area contributed by atoms with E-state index in [9.17, 15) is 9.90 Å². The summed E-state index contributed by atoms with van der Waals surface area (Å²) in [5, 5.41) is 12.8. The van der Waals surface area contributed by atoms with E-state index in [1.807, 2.05) is 25.1 Å². The lowest BCUT2D eigenvalue weighted by Crippen LogP contribution is -2.49. The van der Waals surface area contributed by atoms with Crippen molar-refractivity contribution in [3.63, 3.8) is 0 Å². The Kier molecular flexibility index (Phi) is 6.40. The number of amides is 1. The molecule has 1 aromatic rings. The zero-order valence-corrected chi connectivity index (χ0v) is 13.7. The second-order valence-corrected chi connectivity index (χ2v) is 6.20. The number of rotatable bonds is 6. The zero-order chi connectivity index (χ0) is 15.9. The van der Waals surface area contributed by atoms with Crippen molar-refractivity contribution in [1.29, 1.82) is 0 Å². The highest BCUT2D eigenvalue weighted by Crippen LogP contribution is 2.19. The normalized spacial score (nSPS) is 19.6. The second-order valence-electron chi connectivity index (χ2n) is 6.20. The lowest BCUT2D eigenvalue weighted by molar-refractivity contribution is -0.127. The van der Waals surface area contributed by atoms with Gasteiger partial charge in [-0.25, -0.2) is 0 Å². The molecule has 1 fully saturated rings. The third-order valence-corrected chi connectivity index (χ3v) is 4.52. The van der Waals surface area contributed by atoms with Crippen molar-refractivity contribution in [3.8, 4) is 0 Å². The molecular formula is C18H28N2O2. The maximum absolute atomic E-state index is 12.6. The van der Waals surface area contributed by atoms with Gasteiger partial charge in [-0.05, 0) is 31.7 Å². The van der Waals surface area contributed by atoms with Gasteiger partial charge in [-0.15, -0.1) is 0 Å². The minimum Gasteiger partial charge on any atom is -0.393 e. The average Bonchev–Trinajstić information content (AvgIpc) is 2.55. The van der Waals surface area contributed by atoms with E-state index >= 15 is 0 Å². The third kappa shape index (κ3) is 4.55. The van der Waals surface area contributed by atoms with Gasteiger partial charge in [0.15, 0.2) is 0 Å². The van der Waals surface area contributed by atoms with Crippen molar-refractivity contribution in [2.75, 3.05) is 13.1 Å². The molecule has 1 amide bonds. The predicted octanol–water partition coefficient (Wildman–Crippen LogP) is 2.49. The number of aliphatic hydroxyl groups is 1. The van der Waals surface area contributed by atoms with Crippen LogP contribution < -0.4 is 5.32 Å². The number of piperidine rings is 1. The van der Waals surface area contributed by atoms with Gasteiger partial charge in [-0.1, -0.05) is 43.7 Å².